The summed E-state index contributed by atoms with van der Waals surface area (Å²) in [5.74, 6) is 0.190. The van der Waals surface area contributed by atoms with E-state index in [0.717, 1.165) is 16.9 Å². The Bertz CT molecular complexity index is 528. The van der Waals surface area contributed by atoms with E-state index in [1.54, 1.807) is 13.2 Å². The zero-order valence-corrected chi connectivity index (χ0v) is 12.1. The van der Waals surface area contributed by atoms with Gasteiger partial charge in [-0.3, -0.25) is 4.79 Å². The zero-order valence-electron chi connectivity index (χ0n) is 12.1. The minimum Gasteiger partial charge on any atom is -0.496 e. The summed E-state index contributed by atoms with van der Waals surface area (Å²) >= 11 is 0. The number of aryl methyl sites for hydroxylation is 2. The fraction of sp³-hybridized carbons (Fsp3) is 0.467. The molecule has 0 heterocycles. The van der Waals surface area contributed by atoms with Crippen molar-refractivity contribution in [2.75, 3.05) is 13.7 Å². The van der Waals surface area contributed by atoms with Gasteiger partial charge in [0, 0.05) is 17.5 Å². The van der Waals surface area contributed by atoms with Crippen LogP contribution >= 0.6 is 0 Å². The van der Waals surface area contributed by atoms with Crippen molar-refractivity contribution in [2.45, 2.75) is 33.1 Å². The summed E-state index contributed by atoms with van der Waals surface area (Å²) in [5.41, 5.74) is 3.06. The summed E-state index contributed by atoms with van der Waals surface area (Å²) in [5, 5.41) is 11.1. The molecule has 1 aromatic carbocycles. The number of carbonyl (C=O) groups is 1. The highest BCUT2D eigenvalue weighted by Crippen LogP contribution is 2.33. The number of benzene rings is 1. The van der Waals surface area contributed by atoms with Crippen molar-refractivity contribution in [3.63, 3.8) is 0 Å². The number of carbonyl (C=O) groups excluding carboxylic acids is 1. The lowest BCUT2D eigenvalue weighted by molar-refractivity contribution is -0.116. The van der Waals surface area contributed by atoms with E-state index in [1.807, 2.05) is 33.8 Å². The first-order chi connectivity index (χ1) is 8.81. The summed E-state index contributed by atoms with van der Waals surface area (Å²) < 4.78 is 5.42. The van der Waals surface area contributed by atoms with Gasteiger partial charge in [-0.15, -0.1) is 0 Å². The number of nitriles is 1. The third-order valence-electron chi connectivity index (χ3n) is 3.34. The molecule has 19 heavy (non-hydrogen) atoms. The molecule has 102 valence electrons. The maximum absolute atomic E-state index is 11.1. The predicted molar refractivity (Wildman–Crippen MR) is 74.1 cm³/mol. The molecular weight excluding hydrogens is 240 g/mol. The summed E-state index contributed by atoms with van der Waals surface area (Å²) in [7, 11) is 1.64. The Labute approximate surface area is 114 Å². The second-order valence-electron chi connectivity index (χ2n) is 5.32. The quantitative estimate of drug-likeness (QED) is 0.844. The van der Waals surface area contributed by atoms with Crippen molar-refractivity contribution >= 4 is 5.91 Å². The molecule has 0 bridgehead atoms. The number of rotatable bonds is 4. The van der Waals surface area contributed by atoms with Crippen molar-refractivity contribution in [1.29, 1.82) is 5.26 Å². The SMILES string of the molecule is COc1cc(C)c(C)cc1C(C)(C)CNC(=O)C#N. The van der Waals surface area contributed by atoms with Gasteiger partial charge in [-0.25, -0.2) is 0 Å². The third kappa shape index (κ3) is 3.47. The molecule has 0 fully saturated rings. The first-order valence-corrected chi connectivity index (χ1v) is 6.15. The van der Waals surface area contributed by atoms with Crippen LogP contribution in [0, 0.1) is 25.2 Å². The third-order valence-corrected chi connectivity index (χ3v) is 3.34. The molecule has 0 saturated heterocycles. The van der Waals surface area contributed by atoms with Gasteiger partial charge < -0.3 is 10.1 Å². The maximum atomic E-state index is 11.1. The van der Waals surface area contributed by atoms with Gasteiger partial charge in [0.1, 0.15) is 5.75 Å². The maximum Gasteiger partial charge on any atom is 0.322 e. The van der Waals surface area contributed by atoms with E-state index in [4.69, 9.17) is 10.00 Å². The van der Waals surface area contributed by atoms with Crippen molar-refractivity contribution in [3.05, 3.63) is 28.8 Å². The van der Waals surface area contributed by atoms with Crippen LogP contribution in [0.15, 0.2) is 12.1 Å². The number of ether oxygens (including phenoxy) is 1. The monoisotopic (exact) mass is 260 g/mol. The van der Waals surface area contributed by atoms with E-state index in [-0.39, 0.29) is 5.41 Å². The molecule has 0 saturated carbocycles. The minimum absolute atomic E-state index is 0.309. The zero-order chi connectivity index (χ0) is 14.6. The van der Waals surface area contributed by atoms with Crippen LogP contribution < -0.4 is 10.1 Å². The Morgan fingerprint density at radius 1 is 1.37 bits per heavy atom. The van der Waals surface area contributed by atoms with Gasteiger partial charge in [0.2, 0.25) is 0 Å². The average Bonchev–Trinajstić information content (AvgIpc) is 2.38. The van der Waals surface area contributed by atoms with Gasteiger partial charge in [0.15, 0.2) is 6.07 Å². The van der Waals surface area contributed by atoms with Gasteiger partial charge in [-0.1, -0.05) is 19.9 Å². The fourth-order valence-corrected chi connectivity index (χ4v) is 1.92. The van der Waals surface area contributed by atoms with Crippen molar-refractivity contribution in [2.24, 2.45) is 0 Å². The number of hydrogen-bond donors (Lipinski definition) is 1. The van der Waals surface area contributed by atoms with Crippen LogP contribution in [0.5, 0.6) is 5.75 Å². The largest absolute Gasteiger partial charge is 0.496 e. The van der Waals surface area contributed by atoms with E-state index in [2.05, 4.69) is 11.4 Å². The molecule has 1 aromatic rings. The highest BCUT2D eigenvalue weighted by atomic mass is 16.5. The van der Waals surface area contributed by atoms with E-state index >= 15 is 0 Å². The van der Waals surface area contributed by atoms with Crippen molar-refractivity contribution < 1.29 is 9.53 Å². The molecule has 0 aliphatic heterocycles. The Morgan fingerprint density at radius 2 is 1.95 bits per heavy atom. The molecular formula is C15H20N2O2. The number of nitrogens with one attached hydrogen (secondary N) is 1. The van der Waals surface area contributed by atoms with E-state index in [0.29, 0.717) is 6.54 Å². The molecule has 0 aliphatic carbocycles. The number of nitrogens with zero attached hydrogens (tertiary/aromatic N) is 1. The molecule has 1 amide bonds. The first kappa shape index (κ1) is 15.0. The van der Waals surface area contributed by atoms with E-state index in [9.17, 15) is 4.79 Å². The molecule has 0 unspecified atom stereocenters. The van der Waals surface area contributed by atoms with Gasteiger partial charge in [-0.2, -0.15) is 5.26 Å². The summed E-state index contributed by atoms with van der Waals surface area (Å²) in [6, 6.07) is 5.63. The molecule has 0 atom stereocenters. The van der Waals surface area contributed by atoms with E-state index in [1.165, 1.54) is 5.56 Å². The van der Waals surface area contributed by atoms with Crippen LogP contribution in [-0.4, -0.2) is 19.6 Å². The second-order valence-corrected chi connectivity index (χ2v) is 5.32. The molecule has 0 aliphatic rings. The number of methoxy groups -OCH3 is 1. The Kier molecular flexibility index (Phi) is 4.55. The van der Waals surface area contributed by atoms with Crippen LogP contribution in [0.4, 0.5) is 0 Å². The lowest BCUT2D eigenvalue weighted by Gasteiger charge is -2.28. The van der Waals surface area contributed by atoms with Crippen LogP contribution in [0.2, 0.25) is 0 Å². The Balaban J connectivity index is 3.09. The van der Waals surface area contributed by atoms with Crippen molar-refractivity contribution in [3.8, 4) is 11.8 Å². The van der Waals surface area contributed by atoms with Crippen LogP contribution in [0.3, 0.4) is 0 Å². The normalized spacial score (nSPS) is 10.7. The summed E-state index contributed by atoms with van der Waals surface area (Å²) in [6.45, 7) is 8.49. The van der Waals surface area contributed by atoms with Gasteiger partial charge in [-0.05, 0) is 31.0 Å². The highest BCUT2D eigenvalue weighted by molar-refractivity contribution is 5.91. The van der Waals surface area contributed by atoms with Crippen molar-refractivity contribution in [1.82, 2.24) is 5.32 Å². The highest BCUT2D eigenvalue weighted by Gasteiger charge is 2.25. The van der Waals surface area contributed by atoms with E-state index < -0.39 is 5.91 Å². The van der Waals surface area contributed by atoms with Gasteiger partial charge in [0.05, 0.1) is 7.11 Å². The molecule has 4 heteroatoms. The molecule has 1 N–H and O–H groups in total. The smallest absolute Gasteiger partial charge is 0.322 e. The topological polar surface area (TPSA) is 62.1 Å². The molecule has 0 spiro atoms. The van der Waals surface area contributed by atoms with Crippen LogP contribution in [-0.2, 0) is 10.2 Å². The Hall–Kier alpha value is -2.02. The molecule has 0 aromatic heterocycles. The first-order valence-electron chi connectivity index (χ1n) is 6.15. The van der Waals surface area contributed by atoms with Crippen LogP contribution in [0.1, 0.15) is 30.5 Å². The Morgan fingerprint density at radius 3 is 2.47 bits per heavy atom. The van der Waals surface area contributed by atoms with Gasteiger partial charge >= 0.3 is 5.91 Å². The molecule has 0 radical (unpaired) electrons. The fourth-order valence-electron chi connectivity index (χ4n) is 1.92. The number of hydrogen-bond acceptors (Lipinski definition) is 3. The summed E-state index contributed by atoms with van der Waals surface area (Å²) in [6.07, 6.45) is 0. The van der Waals surface area contributed by atoms with Crippen LogP contribution in [0.25, 0.3) is 0 Å². The van der Waals surface area contributed by atoms with Gasteiger partial charge in [0.25, 0.3) is 0 Å². The number of amides is 1. The predicted octanol–water partition coefficient (Wildman–Crippen LogP) is 2.23. The second kappa shape index (κ2) is 5.75. The minimum atomic E-state index is -0.615. The standard InChI is InChI=1S/C15H20N2O2/c1-10-6-12(13(19-5)7-11(10)2)15(3,4)9-17-14(18)8-16/h6-7H,9H2,1-5H3,(H,17,18). The average molecular weight is 260 g/mol. The lowest BCUT2D eigenvalue weighted by atomic mass is 9.82. The lowest BCUT2D eigenvalue weighted by Crippen LogP contribution is -2.36. The summed E-state index contributed by atoms with van der Waals surface area (Å²) in [4.78, 5) is 11.1. The molecule has 1 rings (SSSR count). The molecule has 4 nitrogen and oxygen atoms in total.